The number of carbonyl (C=O) groups excluding carboxylic acids is 1. The molecule has 1 heterocycles. The third kappa shape index (κ3) is 3.70. The van der Waals surface area contributed by atoms with Crippen LogP contribution in [0.25, 0.3) is 0 Å². The highest BCUT2D eigenvalue weighted by Gasteiger charge is 2.28. The van der Waals surface area contributed by atoms with Gasteiger partial charge in [-0.3, -0.25) is 9.69 Å². The van der Waals surface area contributed by atoms with Crippen molar-refractivity contribution in [2.45, 2.75) is 6.04 Å². The zero-order valence-electron chi connectivity index (χ0n) is 13.8. The average molecular weight is 359 g/mol. The molecule has 1 atom stereocenters. The average Bonchev–Trinajstić information content (AvgIpc) is 2.66. The highest BCUT2D eigenvalue weighted by atomic mass is 19.1. The normalized spacial score (nSPS) is 16.2. The Bertz CT molecular complexity index is 840. The van der Waals surface area contributed by atoms with Crippen LogP contribution in [0.5, 0.6) is 0 Å². The highest BCUT2D eigenvalue weighted by molar-refractivity contribution is 5.94. The Balaban J connectivity index is 1.68. The molecule has 1 amide bonds. The lowest BCUT2D eigenvalue weighted by Gasteiger charge is -2.37. The first-order chi connectivity index (χ1) is 12.5. The van der Waals surface area contributed by atoms with E-state index in [1.165, 1.54) is 17.0 Å². The predicted octanol–water partition coefficient (Wildman–Crippen LogP) is 3.13. The number of piperazine rings is 1. The van der Waals surface area contributed by atoms with Crippen LogP contribution in [0.4, 0.5) is 13.2 Å². The summed E-state index contributed by atoms with van der Waals surface area (Å²) in [4.78, 5) is 15.7. The Kier molecular flexibility index (Phi) is 5.24. The van der Waals surface area contributed by atoms with E-state index in [4.69, 9.17) is 0 Å². The maximum Gasteiger partial charge on any atom is 0.257 e. The molecule has 1 saturated heterocycles. The molecular weight excluding hydrogens is 343 g/mol. The van der Waals surface area contributed by atoms with Gasteiger partial charge >= 0.3 is 0 Å². The van der Waals surface area contributed by atoms with Gasteiger partial charge in [0.25, 0.3) is 5.91 Å². The summed E-state index contributed by atoms with van der Waals surface area (Å²) in [6.45, 7) is 1.37. The number of rotatable bonds is 3. The summed E-state index contributed by atoms with van der Waals surface area (Å²) in [6.07, 6.45) is 0. The molecule has 7 heteroatoms. The number of amides is 1. The van der Waals surface area contributed by atoms with Crippen LogP contribution < -0.4 is 0 Å². The lowest BCUT2D eigenvalue weighted by Crippen LogP contribution is -2.49. The van der Waals surface area contributed by atoms with E-state index in [0.29, 0.717) is 18.7 Å². The summed E-state index contributed by atoms with van der Waals surface area (Å²) in [6, 6.07) is 10.1. The van der Waals surface area contributed by atoms with Crippen molar-refractivity contribution in [2.24, 2.45) is 0 Å². The molecule has 134 valence electrons. The van der Waals surface area contributed by atoms with Crippen molar-refractivity contribution in [3.63, 3.8) is 0 Å². The fraction of sp³-hybridized carbons (Fsp3) is 0.263. The van der Waals surface area contributed by atoms with E-state index in [1.54, 1.807) is 12.1 Å². The molecule has 1 fully saturated rings. The first-order valence-electron chi connectivity index (χ1n) is 8.13. The largest absolute Gasteiger partial charge is 0.336 e. The second-order valence-corrected chi connectivity index (χ2v) is 6.04. The third-order valence-electron chi connectivity index (χ3n) is 4.43. The molecule has 0 saturated carbocycles. The highest BCUT2D eigenvalue weighted by Crippen LogP contribution is 2.23. The van der Waals surface area contributed by atoms with Gasteiger partial charge in [0.15, 0.2) is 0 Å². The Morgan fingerprint density at radius 2 is 1.58 bits per heavy atom. The minimum atomic E-state index is -0.764. The fourth-order valence-corrected chi connectivity index (χ4v) is 3.03. The van der Waals surface area contributed by atoms with Gasteiger partial charge < -0.3 is 4.90 Å². The Hall–Kier alpha value is -2.85. The molecule has 0 radical (unpaired) electrons. The minimum Gasteiger partial charge on any atom is -0.336 e. The van der Waals surface area contributed by atoms with Gasteiger partial charge in [-0.25, -0.2) is 13.2 Å². The summed E-state index contributed by atoms with van der Waals surface area (Å²) in [5.41, 5.74) is 0.374. The van der Waals surface area contributed by atoms with Crippen LogP contribution in [0.15, 0.2) is 42.5 Å². The summed E-state index contributed by atoms with van der Waals surface area (Å²) in [5.74, 6) is -2.39. The second kappa shape index (κ2) is 7.58. The van der Waals surface area contributed by atoms with Crippen molar-refractivity contribution in [3.8, 4) is 6.07 Å². The molecule has 0 spiro atoms. The van der Waals surface area contributed by atoms with Crippen LogP contribution in [0.2, 0.25) is 0 Å². The monoisotopic (exact) mass is 359 g/mol. The Morgan fingerprint density at radius 1 is 0.962 bits per heavy atom. The van der Waals surface area contributed by atoms with Crippen molar-refractivity contribution in [2.75, 3.05) is 26.2 Å². The lowest BCUT2D eigenvalue weighted by molar-refractivity contribution is 0.0601. The van der Waals surface area contributed by atoms with Crippen LogP contribution in [0.1, 0.15) is 22.0 Å². The van der Waals surface area contributed by atoms with Crippen LogP contribution in [-0.2, 0) is 0 Å². The van der Waals surface area contributed by atoms with Gasteiger partial charge in [0.05, 0.1) is 11.6 Å². The van der Waals surface area contributed by atoms with Crippen molar-refractivity contribution >= 4 is 5.91 Å². The smallest absolute Gasteiger partial charge is 0.257 e. The standard InChI is InChI=1S/C19H16F3N3O/c20-14-3-1-13(2-4-14)18(12-23)24-7-9-25(10-8-24)19(26)16-11-15(21)5-6-17(16)22/h1-6,11,18H,7-10H2/t18-/m0/s1. The first-order valence-corrected chi connectivity index (χ1v) is 8.13. The SMILES string of the molecule is N#C[C@@H](c1ccc(F)cc1)N1CCN(C(=O)c2cc(F)ccc2F)CC1. The molecular formula is C19H16F3N3O. The lowest BCUT2D eigenvalue weighted by atomic mass is 10.1. The summed E-state index contributed by atoms with van der Waals surface area (Å²) >= 11 is 0. The van der Waals surface area contributed by atoms with Gasteiger partial charge in [-0.2, -0.15) is 5.26 Å². The maximum absolute atomic E-state index is 13.8. The number of benzene rings is 2. The molecule has 26 heavy (non-hydrogen) atoms. The van der Waals surface area contributed by atoms with E-state index >= 15 is 0 Å². The molecule has 3 rings (SSSR count). The number of hydrogen-bond donors (Lipinski definition) is 0. The van der Waals surface area contributed by atoms with Gasteiger partial charge in [-0.05, 0) is 35.9 Å². The molecule has 1 aliphatic heterocycles. The van der Waals surface area contributed by atoms with Gasteiger partial charge in [0.2, 0.25) is 0 Å². The summed E-state index contributed by atoms with van der Waals surface area (Å²) in [7, 11) is 0. The topological polar surface area (TPSA) is 47.3 Å². The van der Waals surface area contributed by atoms with Gasteiger partial charge in [-0.15, -0.1) is 0 Å². The molecule has 0 aliphatic carbocycles. The van der Waals surface area contributed by atoms with Crippen molar-refractivity contribution in [1.82, 2.24) is 9.80 Å². The molecule has 4 nitrogen and oxygen atoms in total. The fourth-order valence-electron chi connectivity index (χ4n) is 3.03. The van der Waals surface area contributed by atoms with Crippen molar-refractivity contribution in [3.05, 3.63) is 71.0 Å². The summed E-state index contributed by atoms with van der Waals surface area (Å²) < 4.78 is 40.1. The van der Waals surface area contributed by atoms with E-state index in [-0.39, 0.29) is 24.5 Å². The molecule has 0 N–H and O–H groups in total. The zero-order valence-corrected chi connectivity index (χ0v) is 13.8. The van der Waals surface area contributed by atoms with E-state index < -0.39 is 23.6 Å². The first kappa shape index (κ1) is 18.0. The quantitative estimate of drug-likeness (QED) is 0.846. The van der Waals surface area contributed by atoms with E-state index in [9.17, 15) is 23.2 Å². The second-order valence-electron chi connectivity index (χ2n) is 6.04. The van der Waals surface area contributed by atoms with Crippen molar-refractivity contribution < 1.29 is 18.0 Å². The van der Waals surface area contributed by atoms with E-state index in [1.807, 2.05) is 4.90 Å². The summed E-state index contributed by atoms with van der Waals surface area (Å²) in [5, 5.41) is 9.46. The third-order valence-corrected chi connectivity index (χ3v) is 4.43. The minimum absolute atomic E-state index is 0.286. The molecule has 1 aliphatic rings. The zero-order chi connectivity index (χ0) is 18.7. The Morgan fingerprint density at radius 3 is 2.19 bits per heavy atom. The molecule has 2 aromatic carbocycles. The number of nitrogens with zero attached hydrogens (tertiary/aromatic N) is 3. The Labute approximate surface area is 149 Å². The predicted molar refractivity (Wildman–Crippen MR) is 88.6 cm³/mol. The van der Waals surface area contributed by atoms with Crippen LogP contribution in [0, 0.1) is 28.8 Å². The molecule has 0 unspecified atom stereocenters. The molecule has 2 aromatic rings. The van der Waals surface area contributed by atoms with E-state index in [0.717, 1.165) is 18.2 Å². The maximum atomic E-state index is 13.8. The number of nitriles is 1. The van der Waals surface area contributed by atoms with Gasteiger partial charge in [0, 0.05) is 26.2 Å². The van der Waals surface area contributed by atoms with Crippen LogP contribution in [-0.4, -0.2) is 41.9 Å². The molecule has 0 aromatic heterocycles. The number of halogens is 3. The molecule has 0 bridgehead atoms. The number of carbonyl (C=O) groups is 1. The van der Waals surface area contributed by atoms with E-state index in [2.05, 4.69) is 6.07 Å². The van der Waals surface area contributed by atoms with Crippen molar-refractivity contribution in [1.29, 1.82) is 5.26 Å². The number of hydrogen-bond acceptors (Lipinski definition) is 3. The van der Waals surface area contributed by atoms with Crippen LogP contribution >= 0.6 is 0 Å². The van der Waals surface area contributed by atoms with Gasteiger partial charge in [0.1, 0.15) is 23.5 Å². The van der Waals surface area contributed by atoms with Gasteiger partial charge in [-0.1, -0.05) is 12.1 Å². The van der Waals surface area contributed by atoms with Crippen LogP contribution in [0.3, 0.4) is 0 Å².